The summed E-state index contributed by atoms with van der Waals surface area (Å²) in [6.45, 7) is 8.49. The predicted molar refractivity (Wildman–Crippen MR) is 69.0 cm³/mol. The van der Waals surface area contributed by atoms with E-state index >= 15 is 0 Å². The van der Waals surface area contributed by atoms with Crippen molar-refractivity contribution in [1.82, 2.24) is 10.0 Å². The van der Waals surface area contributed by atoms with E-state index in [4.69, 9.17) is 0 Å². The molecule has 5 heteroatoms. The number of hydrogen-bond acceptors (Lipinski definition) is 3. The summed E-state index contributed by atoms with van der Waals surface area (Å²) in [6, 6.07) is 0. The fourth-order valence-corrected chi connectivity index (χ4v) is 2.09. The first-order valence-corrected chi connectivity index (χ1v) is 7.89. The number of sulfonamides is 1. The Kier molecular flexibility index (Phi) is 8.89. The van der Waals surface area contributed by atoms with Gasteiger partial charge in [-0.1, -0.05) is 26.7 Å². The van der Waals surface area contributed by atoms with E-state index in [1.54, 1.807) is 6.92 Å². The van der Waals surface area contributed by atoms with Crippen molar-refractivity contribution in [3.8, 4) is 0 Å². The standard InChI is InChI=1S/C11H26N2O2S/c1-4-11(5-2)10-12-8-7-9-13-16(14,15)6-3/h11-13H,4-10H2,1-3H3. The minimum Gasteiger partial charge on any atom is -0.316 e. The summed E-state index contributed by atoms with van der Waals surface area (Å²) in [7, 11) is -3.01. The van der Waals surface area contributed by atoms with Crippen LogP contribution in [0, 0.1) is 5.92 Å². The van der Waals surface area contributed by atoms with Crippen LogP contribution in [-0.4, -0.2) is 33.8 Å². The van der Waals surface area contributed by atoms with Gasteiger partial charge in [-0.2, -0.15) is 0 Å². The molecule has 0 rings (SSSR count). The number of hydrogen-bond donors (Lipinski definition) is 2. The van der Waals surface area contributed by atoms with Crippen molar-refractivity contribution in [2.75, 3.05) is 25.4 Å². The molecule has 0 aromatic carbocycles. The molecule has 0 aliphatic carbocycles. The quantitative estimate of drug-likeness (QED) is 0.575. The zero-order chi connectivity index (χ0) is 12.4. The molecule has 0 radical (unpaired) electrons. The van der Waals surface area contributed by atoms with Crippen molar-refractivity contribution in [3.63, 3.8) is 0 Å². The van der Waals surface area contributed by atoms with Crippen molar-refractivity contribution in [2.24, 2.45) is 5.92 Å². The van der Waals surface area contributed by atoms with E-state index in [-0.39, 0.29) is 5.75 Å². The molecule has 0 fully saturated rings. The molecular formula is C11H26N2O2S. The smallest absolute Gasteiger partial charge is 0.211 e. The second kappa shape index (κ2) is 8.96. The lowest BCUT2D eigenvalue weighted by atomic mass is 10.0. The fourth-order valence-electron chi connectivity index (χ4n) is 1.43. The van der Waals surface area contributed by atoms with E-state index in [1.807, 2.05) is 0 Å². The first-order chi connectivity index (χ1) is 7.55. The van der Waals surface area contributed by atoms with Crippen LogP contribution in [0.2, 0.25) is 0 Å². The molecule has 4 nitrogen and oxygen atoms in total. The molecule has 0 amide bonds. The molecule has 0 aromatic rings. The highest BCUT2D eigenvalue weighted by Gasteiger charge is 2.05. The van der Waals surface area contributed by atoms with Crippen LogP contribution in [-0.2, 0) is 10.0 Å². The Hall–Kier alpha value is -0.130. The third-order valence-electron chi connectivity index (χ3n) is 2.82. The molecule has 0 spiro atoms. The van der Waals surface area contributed by atoms with Crippen LogP contribution < -0.4 is 10.0 Å². The van der Waals surface area contributed by atoms with Crippen LogP contribution >= 0.6 is 0 Å². The Morgan fingerprint density at radius 3 is 2.19 bits per heavy atom. The maximum absolute atomic E-state index is 11.1. The minimum atomic E-state index is -3.01. The lowest BCUT2D eigenvalue weighted by Gasteiger charge is -2.13. The zero-order valence-electron chi connectivity index (χ0n) is 10.8. The summed E-state index contributed by atoms with van der Waals surface area (Å²) in [4.78, 5) is 0. The van der Waals surface area contributed by atoms with Gasteiger partial charge in [-0.05, 0) is 32.4 Å². The van der Waals surface area contributed by atoms with Gasteiger partial charge in [0.05, 0.1) is 5.75 Å². The maximum Gasteiger partial charge on any atom is 0.211 e. The third kappa shape index (κ3) is 8.07. The Bertz CT molecular complexity index is 249. The van der Waals surface area contributed by atoms with Gasteiger partial charge in [-0.3, -0.25) is 0 Å². The zero-order valence-corrected chi connectivity index (χ0v) is 11.6. The Balaban J connectivity index is 3.41. The molecule has 0 aliphatic rings. The first kappa shape index (κ1) is 15.9. The van der Waals surface area contributed by atoms with E-state index < -0.39 is 10.0 Å². The summed E-state index contributed by atoms with van der Waals surface area (Å²) in [5.74, 6) is 0.904. The molecule has 0 saturated carbocycles. The summed E-state index contributed by atoms with van der Waals surface area (Å²) in [6.07, 6.45) is 3.25. The van der Waals surface area contributed by atoms with Crippen LogP contribution in [0.15, 0.2) is 0 Å². The number of rotatable bonds is 10. The summed E-state index contributed by atoms with van der Waals surface area (Å²) >= 11 is 0. The molecular weight excluding hydrogens is 224 g/mol. The maximum atomic E-state index is 11.1. The van der Waals surface area contributed by atoms with Gasteiger partial charge >= 0.3 is 0 Å². The van der Waals surface area contributed by atoms with Gasteiger partial charge in [0.2, 0.25) is 10.0 Å². The van der Waals surface area contributed by atoms with E-state index in [0.29, 0.717) is 6.54 Å². The van der Waals surface area contributed by atoms with Gasteiger partial charge in [0, 0.05) is 6.54 Å². The molecule has 0 unspecified atom stereocenters. The predicted octanol–water partition coefficient (Wildman–Crippen LogP) is 1.34. The molecule has 0 aliphatic heterocycles. The van der Waals surface area contributed by atoms with E-state index in [2.05, 4.69) is 23.9 Å². The monoisotopic (exact) mass is 250 g/mol. The largest absolute Gasteiger partial charge is 0.316 e. The normalized spacial score (nSPS) is 12.2. The van der Waals surface area contributed by atoms with Crippen LogP contribution in [0.1, 0.15) is 40.0 Å². The van der Waals surface area contributed by atoms with Crippen molar-refractivity contribution in [1.29, 1.82) is 0 Å². The van der Waals surface area contributed by atoms with Crippen molar-refractivity contribution in [2.45, 2.75) is 40.0 Å². The number of nitrogens with one attached hydrogen (secondary N) is 2. The van der Waals surface area contributed by atoms with Crippen molar-refractivity contribution < 1.29 is 8.42 Å². The van der Waals surface area contributed by atoms with E-state index in [9.17, 15) is 8.42 Å². The highest BCUT2D eigenvalue weighted by Crippen LogP contribution is 2.04. The Labute approximate surface area is 100 Å². The van der Waals surface area contributed by atoms with Gasteiger partial charge in [0.25, 0.3) is 0 Å². The fraction of sp³-hybridized carbons (Fsp3) is 1.00. The second-order valence-corrected chi connectivity index (χ2v) is 6.13. The Morgan fingerprint density at radius 2 is 1.69 bits per heavy atom. The minimum absolute atomic E-state index is 0.161. The third-order valence-corrected chi connectivity index (χ3v) is 4.22. The van der Waals surface area contributed by atoms with Crippen LogP contribution in [0.3, 0.4) is 0 Å². The SMILES string of the molecule is CCC(CC)CNCCCNS(=O)(=O)CC. The van der Waals surface area contributed by atoms with Gasteiger partial charge in [-0.15, -0.1) is 0 Å². The lowest BCUT2D eigenvalue weighted by Crippen LogP contribution is -2.30. The molecule has 0 saturated heterocycles. The molecule has 0 atom stereocenters. The Morgan fingerprint density at radius 1 is 1.06 bits per heavy atom. The van der Waals surface area contributed by atoms with Gasteiger partial charge in [0.1, 0.15) is 0 Å². The van der Waals surface area contributed by atoms with Crippen LogP contribution in [0.25, 0.3) is 0 Å². The van der Waals surface area contributed by atoms with Crippen LogP contribution in [0.5, 0.6) is 0 Å². The topological polar surface area (TPSA) is 58.2 Å². The highest BCUT2D eigenvalue weighted by molar-refractivity contribution is 7.89. The second-order valence-electron chi connectivity index (χ2n) is 4.04. The summed E-state index contributed by atoms with van der Waals surface area (Å²) in [5, 5.41) is 3.36. The van der Waals surface area contributed by atoms with Crippen molar-refractivity contribution >= 4 is 10.0 Å². The molecule has 0 bridgehead atoms. The molecule has 0 aromatic heterocycles. The first-order valence-electron chi connectivity index (χ1n) is 6.23. The van der Waals surface area contributed by atoms with Crippen LogP contribution in [0.4, 0.5) is 0 Å². The van der Waals surface area contributed by atoms with Gasteiger partial charge in [-0.25, -0.2) is 13.1 Å². The molecule has 0 heterocycles. The van der Waals surface area contributed by atoms with E-state index in [0.717, 1.165) is 25.4 Å². The van der Waals surface area contributed by atoms with Gasteiger partial charge in [0.15, 0.2) is 0 Å². The van der Waals surface area contributed by atoms with E-state index in [1.165, 1.54) is 12.8 Å². The van der Waals surface area contributed by atoms with Crippen molar-refractivity contribution in [3.05, 3.63) is 0 Å². The molecule has 98 valence electrons. The lowest BCUT2D eigenvalue weighted by molar-refractivity contribution is 0.447. The van der Waals surface area contributed by atoms with Gasteiger partial charge < -0.3 is 5.32 Å². The average molecular weight is 250 g/mol. The molecule has 16 heavy (non-hydrogen) atoms. The summed E-state index contributed by atoms with van der Waals surface area (Å²) < 4.78 is 24.8. The molecule has 2 N–H and O–H groups in total. The highest BCUT2D eigenvalue weighted by atomic mass is 32.2. The summed E-state index contributed by atoms with van der Waals surface area (Å²) in [5.41, 5.74) is 0. The average Bonchev–Trinajstić information content (AvgIpc) is 2.28.